The van der Waals surface area contributed by atoms with E-state index in [9.17, 15) is 13.2 Å². The van der Waals surface area contributed by atoms with E-state index in [2.05, 4.69) is 20.6 Å². The fourth-order valence-corrected chi connectivity index (χ4v) is 3.79. The number of pyridine rings is 1. The van der Waals surface area contributed by atoms with Crippen molar-refractivity contribution in [2.75, 3.05) is 51.4 Å². The molecular weight excluding hydrogens is 550 g/mol. The molecule has 0 saturated carbocycles. The van der Waals surface area contributed by atoms with Crippen molar-refractivity contribution in [1.82, 2.24) is 15.6 Å². The Morgan fingerprint density at radius 2 is 2.23 bits per heavy atom. The number of hydrogen-bond acceptors (Lipinski definition) is 5. The largest absolute Gasteiger partial charge is 0.417 e. The van der Waals surface area contributed by atoms with Crippen LogP contribution in [0.5, 0.6) is 0 Å². The first kappa shape index (κ1) is 26.2. The van der Waals surface area contributed by atoms with Crippen molar-refractivity contribution in [3.8, 4) is 0 Å². The van der Waals surface area contributed by atoms with Gasteiger partial charge < -0.3 is 25.0 Å². The molecule has 2 aliphatic rings. The van der Waals surface area contributed by atoms with Crippen LogP contribution in [0, 0.1) is 0 Å². The number of rotatable bonds is 7. The first-order valence-electron chi connectivity index (χ1n) is 10.0. The lowest BCUT2D eigenvalue weighted by molar-refractivity contribution is -0.137. The Kier molecular flexibility index (Phi) is 10.4. The second-order valence-electron chi connectivity index (χ2n) is 7.31. The highest BCUT2D eigenvalue weighted by atomic mass is 127. The maximum absolute atomic E-state index is 12.8. The van der Waals surface area contributed by atoms with Crippen LogP contribution < -0.4 is 15.5 Å². The number of hydrogen-bond donors (Lipinski definition) is 2. The average Bonchev–Trinajstić information content (AvgIpc) is 3.38. The summed E-state index contributed by atoms with van der Waals surface area (Å²) in [5.41, 5.74) is -0.851. The molecule has 1 aromatic heterocycles. The van der Waals surface area contributed by atoms with Gasteiger partial charge in [0.1, 0.15) is 5.82 Å². The van der Waals surface area contributed by atoms with Crippen molar-refractivity contribution >= 4 is 47.4 Å². The number of aliphatic imine (C=N–C) groups is 1. The molecule has 2 atom stereocenters. The molecule has 0 aliphatic carbocycles. The maximum Gasteiger partial charge on any atom is 0.417 e. The van der Waals surface area contributed by atoms with E-state index in [-0.39, 0.29) is 41.1 Å². The minimum absolute atomic E-state index is 0. The van der Waals surface area contributed by atoms with Crippen LogP contribution in [0.4, 0.5) is 19.0 Å². The smallest absolute Gasteiger partial charge is 0.377 e. The molecule has 31 heavy (non-hydrogen) atoms. The summed E-state index contributed by atoms with van der Waals surface area (Å²) < 4.78 is 49.5. The molecule has 7 nitrogen and oxygen atoms in total. The van der Waals surface area contributed by atoms with E-state index < -0.39 is 11.7 Å². The molecule has 0 aromatic carbocycles. The van der Waals surface area contributed by atoms with Crippen molar-refractivity contribution in [3.05, 3.63) is 22.8 Å². The Bertz CT molecular complexity index is 735. The Morgan fingerprint density at radius 3 is 2.87 bits per heavy atom. The number of aromatic nitrogens is 1. The van der Waals surface area contributed by atoms with Crippen molar-refractivity contribution < 1.29 is 22.6 Å². The quantitative estimate of drug-likeness (QED) is 0.224. The van der Waals surface area contributed by atoms with Crippen molar-refractivity contribution in [1.29, 1.82) is 0 Å². The zero-order chi connectivity index (χ0) is 21.6. The Hall–Kier alpha value is -1.05. The van der Waals surface area contributed by atoms with Gasteiger partial charge in [-0.1, -0.05) is 11.6 Å². The van der Waals surface area contributed by atoms with Crippen LogP contribution in [0.25, 0.3) is 0 Å². The standard InChI is InChI=1S/C19H27ClF3N5O2.HI/c1-24-18(25-5-8-29-12-15-3-2-7-30-15)27-14-4-6-28(11-14)17-16(20)9-13(10-26-17)19(21,22)23;/h9-10,14-15H,2-8,11-12H2,1H3,(H2,24,25,27);1H. The van der Waals surface area contributed by atoms with Gasteiger partial charge in [-0.2, -0.15) is 13.2 Å². The molecule has 2 saturated heterocycles. The van der Waals surface area contributed by atoms with E-state index in [1.165, 1.54) is 0 Å². The normalized spacial score (nSPS) is 21.8. The van der Waals surface area contributed by atoms with Gasteiger partial charge in [0.05, 0.1) is 29.9 Å². The summed E-state index contributed by atoms with van der Waals surface area (Å²) in [6.45, 7) is 3.77. The van der Waals surface area contributed by atoms with E-state index in [0.29, 0.717) is 44.6 Å². The zero-order valence-electron chi connectivity index (χ0n) is 17.3. The molecule has 2 aliphatic heterocycles. The number of alkyl halides is 3. The van der Waals surface area contributed by atoms with E-state index in [4.69, 9.17) is 21.1 Å². The highest BCUT2D eigenvalue weighted by molar-refractivity contribution is 14.0. The second kappa shape index (κ2) is 12.3. The molecule has 3 rings (SSSR count). The van der Waals surface area contributed by atoms with Crippen molar-refractivity contribution in [3.63, 3.8) is 0 Å². The predicted octanol–water partition coefficient (Wildman–Crippen LogP) is 3.31. The van der Waals surface area contributed by atoms with Crippen LogP contribution in [0.1, 0.15) is 24.8 Å². The lowest BCUT2D eigenvalue weighted by Crippen LogP contribution is -2.45. The van der Waals surface area contributed by atoms with Gasteiger partial charge in [-0.05, 0) is 25.3 Å². The molecule has 0 amide bonds. The summed E-state index contributed by atoms with van der Waals surface area (Å²) in [5, 5.41) is 6.51. The van der Waals surface area contributed by atoms with Gasteiger partial charge in [-0.15, -0.1) is 24.0 Å². The third-order valence-corrected chi connectivity index (χ3v) is 5.35. The van der Waals surface area contributed by atoms with E-state index in [1.54, 1.807) is 7.05 Å². The summed E-state index contributed by atoms with van der Waals surface area (Å²) in [6, 6.07) is 0.992. The number of ether oxygens (including phenoxy) is 2. The van der Waals surface area contributed by atoms with E-state index in [0.717, 1.165) is 38.1 Å². The Morgan fingerprint density at radius 1 is 1.42 bits per heavy atom. The highest BCUT2D eigenvalue weighted by Crippen LogP contribution is 2.34. The van der Waals surface area contributed by atoms with Gasteiger partial charge >= 0.3 is 6.18 Å². The third-order valence-electron chi connectivity index (χ3n) is 5.07. The third kappa shape index (κ3) is 7.79. The Balaban J connectivity index is 0.00000341. The molecule has 0 radical (unpaired) electrons. The van der Waals surface area contributed by atoms with Gasteiger partial charge in [0, 0.05) is 45.5 Å². The fourth-order valence-electron chi connectivity index (χ4n) is 3.51. The first-order chi connectivity index (χ1) is 14.4. The van der Waals surface area contributed by atoms with Gasteiger partial charge in [-0.3, -0.25) is 4.99 Å². The van der Waals surface area contributed by atoms with Crippen LogP contribution in [-0.4, -0.2) is 69.6 Å². The highest BCUT2D eigenvalue weighted by Gasteiger charge is 2.33. The van der Waals surface area contributed by atoms with Gasteiger partial charge in [0.2, 0.25) is 0 Å². The lowest BCUT2D eigenvalue weighted by atomic mass is 10.2. The fraction of sp³-hybridized carbons (Fsp3) is 0.684. The molecule has 2 N–H and O–H groups in total. The zero-order valence-corrected chi connectivity index (χ0v) is 20.3. The molecule has 0 bridgehead atoms. The molecule has 12 heteroatoms. The molecule has 2 fully saturated rings. The van der Waals surface area contributed by atoms with Gasteiger partial charge in [0.25, 0.3) is 0 Å². The molecule has 176 valence electrons. The average molecular weight is 578 g/mol. The van der Waals surface area contributed by atoms with E-state index >= 15 is 0 Å². The number of nitrogens with one attached hydrogen (secondary N) is 2. The van der Waals surface area contributed by atoms with Crippen molar-refractivity contribution in [2.24, 2.45) is 4.99 Å². The van der Waals surface area contributed by atoms with Crippen LogP contribution >= 0.6 is 35.6 Å². The summed E-state index contributed by atoms with van der Waals surface area (Å²) in [5.74, 6) is 1.01. The Labute approximate surface area is 202 Å². The number of halogens is 5. The number of guanidine groups is 1. The minimum Gasteiger partial charge on any atom is -0.377 e. The maximum atomic E-state index is 12.8. The number of anilines is 1. The summed E-state index contributed by atoms with van der Waals surface area (Å²) in [6.07, 6.45) is -0.511. The number of nitrogens with zero attached hydrogens (tertiary/aromatic N) is 3. The molecule has 0 spiro atoms. The SMILES string of the molecule is CN=C(NCCOCC1CCCO1)NC1CCN(c2ncc(C(F)(F)F)cc2Cl)C1.I. The van der Waals surface area contributed by atoms with E-state index in [1.807, 2.05) is 4.90 Å². The van der Waals surface area contributed by atoms with Crippen molar-refractivity contribution in [2.45, 2.75) is 37.6 Å². The van der Waals surface area contributed by atoms with Gasteiger partial charge in [-0.25, -0.2) is 4.98 Å². The molecule has 2 unspecified atom stereocenters. The minimum atomic E-state index is -4.46. The second-order valence-corrected chi connectivity index (χ2v) is 7.72. The van der Waals surface area contributed by atoms with Crippen LogP contribution in [0.15, 0.2) is 17.3 Å². The summed E-state index contributed by atoms with van der Waals surface area (Å²) in [4.78, 5) is 10.0. The lowest BCUT2D eigenvalue weighted by Gasteiger charge is -2.21. The molecular formula is C19H28ClF3IN5O2. The topological polar surface area (TPSA) is 71.0 Å². The summed E-state index contributed by atoms with van der Waals surface area (Å²) >= 11 is 6.06. The van der Waals surface area contributed by atoms with Crippen LogP contribution in [-0.2, 0) is 15.7 Å². The van der Waals surface area contributed by atoms with Crippen LogP contribution in [0.2, 0.25) is 5.02 Å². The molecule has 3 heterocycles. The first-order valence-corrected chi connectivity index (χ1v) is 10.4. The molecule has 1 aromatic rings. The van der Waals surface area contributed by atoms with Crippen LogP contribution in [0.3, 0.4) is 0 Å². The summed E-state index contributed by atoms with van der Waals surface area (Å²) in [7, 11) is 1.68. The predicted molar refractivity (Wildman–Crippen MR) is 125 cm³/mol. The van der Waals surface area contributed by atoms with Gasteiger partial charge in [0.15, 0.2) is 5.96 Å². The monoisotopic (exact) mass is 577 g/mol.